The number of nitrogens with one attached hydrogen (secondary N) is 1. The number of amidine groups is 1. The normalized spacial score (nSPS) is 19.8. The van der Waals surface area contributed by atoms with Crippen molar-refractivity contribution >= 4 is 34.2 Å². The lowest BCUT2D eigenvalue weighted by Crippen LogP contribution is -2.49. The maximum absolute atomic E-state index is 8.91. The summed E-state index contributed by atoms with van der Waals surface area (Å²) in [4.78, 5) is 13.4. The van der Waals surface area contributed by atoms with Crippen LogP contribution < -0.4 is 5.32 Å². The Bertz CT molecular complexity index is 933. The fourth-order valence-corrected chi connectivity index (χ4v) is 4.68. The van der Waals surface area contributed by atoms with E-state index in [9.17, 15) is 0 Å². The number of piperazine rings is 1. The topological polar surface area (TPSA) is 67.6 Å². The van der Waals surface area contributed by atoms with Gasteiger partial charge in [0.05, 0.1) is 11.7 Å². The van der Waals surface area contributed by atoms with Crippen molar-refractivity contribution in [1.82, 2.24) is 14.8 Å². The largest absolute Gasteiger partial charge is 0.381 e. The molecule has 0 aliphatic carbocycles. The summed E-state index contributed by atoms with van der Waals surface area (Å²) >= 11 is 7.77. The first-order chi connectivity index (χ1) is 13.7. The van der Waals surface area contributed by atoms with Gasteiger partial charge < -0.3 is 10.2 Å². The molecule has 6 nitrogen and oxygen atoms in total. The lowest BCUT2D eigenvalue weighted by molar-refractivity contribution is 0.150. The molecular formula is C20H21ClN6S. The molecule has 1 aromatic heterocycles. The predicted molar refractivity (Wildman–Crippen MR) is 115 cm³/mol. The van der Waals surface area contributed by atoms with Gasteiger partial charge >= 0.3 is 0 Å². The molecule has 2 aromatic rings. The zero-order chi connectivity index (χ0) is 19.5. The summed E-state index contributed by atoms with van der Waals surface area (Å²) < 4.78 is 0. The number of hydrogen-bond donors (Lipinski definition) is 1. The van der Waals surface area contributed by atoms with Crippen molar-refractivity contribution < 1.29 is 0 Å². The van der Waals surface area contributed by atoms with Crippen molar-refractivity contribution in [3.8, 4) is 6.19 Å². The number of pyridine rings is 1. The SMILES string of the molecule is CSC(=NC#N)N1CCN(C2c3ccc(Cl)cc3NCc3cccnc32)CC1. The molecule has 1 atom stereocenters. The number of aromatic nitrogens is 1. The minimum Gasteiger partial charge on any atom is -0.381 e. The van der Waals surface area contributed by atoms with Crippen LogP contribution in [0.3, 0.4) is 0 Å². The van der Waals surface area contributed by atoms with Crippen LogP contribution in [0.25, 0.3) is 0 Å². The van der Waals surface area contributed by atoms with Gasteiger partial charge in [-0.25, -0.2) is 0 Å². The third-order valence-corrected chi connectivity index (χ3v) is 6.19. The van der Waals surface area contributed by atoms with Gasteiger partial charge in [0.1, 0.15) is 0 Å². The maximum atomic E-state index is 8.91. The molecule has 2 aliphatic rings. The van der Waals surface area contributed by atoms with Crippen LogP contribution in [-0.4, -0.2) is 52.4 Å². The van der Waals surface area contributed by atoms with Gasteiger partial charge in [0.25, 0.3) is 0 Å². The number of nitrogens with zero attached hydrogens (tertiary/aromatic N) is 5. The van der Waals surface area contributed by atoms with Crippen molar-refractivity contribution in [3.05, 3.63) is 58.4 Å². The van der Waals surface area contributed by atoms with E-state index in [2.05, 4.69) is 32.2 Å². The molecule has 8 heteroatoms. The average Bonchev–Trinajstić information content (AvgIpc) is 2.89. The molecule has 1 unspecified atom stereocenters. The lowest BCUT2D eigenvalue weighted by atomic mass is 9.97. The summed E-state index contributed by atoms with van der Waals surface area (Å²) in [5.41, 5.74) is 4.57. The van der Waals surface area contributed by atoms with E-state index < -0.39 is 0 Å². The van der Waals surface area contributed by atoms with Gasteiger partial charge in [-0.15, -0.1) is 4.99 Å². The van der Waals surface area contributed by atoms with Crippen molar-refractivity contribution in [2.75, 3.05) is 37.8 Å². The first-order valence-corrected chi connectivity index (χ1v) is 10.8. The quantitative estimate of drug-likeness (QED) is 0.438. The Morgan fingerprint density at radius 1 is 1.32 bits per heavy atom. The number of benzene rings is 1. The van der Waals surface area contributed by atoms with E-state index in [-0.39, 0.29) is 6.04 Å². The minimum absolute atomic E-state index is 0.0752. The van der Waals surface area contributed by atoms with Crippen LogP contribution in [0.1, 0.15) is 22.9 Å². The summed E-state index contributed by atoms with van der Waals surface area (Å²) in [5, 5.41) is 14.0. The summed E-state index contributed by atoms with van der Waals surface area (Å²) in [6, 6.07) is 10.3. The van der Waals surface area contributed by atoms with Gasteiger partial charge in [-0.3, -0.25) is 9.88 Å². The van der Waals surface area contributed by atoms with Gasteiger partial charge in [-0.1, -0.05) is 35.5 Å². The average molecular weight is 413 g/mol. The molecular weight excluding hydrogens is 392 g/mol. The van der Waals surface area contributed by atoms with Gasteiger partial charge in [0, 0.05) is 49.6 Å². The smallest absolute Gasteiger partial charge is 0.208 e. The Morgan fingerprint density at radius 2 is 2.14 bits per heavy atom. The molecule has 28 heavy (non-hydrogen) atoms. The predicted octanol–water partition coefficient (Wildman–Crippen LogP) is 3.57. The number of aliphatic imine (C=N–C) groups is 1. The van der Waals surface area contributed by atoms with Gasteiger partial charge in [-0.05, 0) is 35.6 Å². The van der Waals surface area contributed by atoms with Crippen LogP contribution in [0.2, 0.25) is 5.02 Å². The van der Waals surface area contributed by atoms with Crippen LogP contribution in [0.5, 0.6) is 0 Å². The minimum atomic E-state index is 0.0752. The number of nitriles is 1. The van der Waals surface area contributed by atoms with Crippen molar-refractivity contribution in [2.24, 2.45) is 4.99 Å². The number of thioether (sulfide) groups is 1. The molecule has 1 aromatic carbocycles. The molecule has 1 N–H and O–H groups in total. The molecule has 3 heterocycles. The first kappa shape index (κ1) is 19.1. The molecule has 4 rings (SSSR count). The second kappa shape index (κ2) is 8.39. The van der Waals surface area contributed by atoms with Crippen LogP contribution in [0, 0.1) is 11.5 Å². The Hall–Kier alpha value is -2.27. The highest BCUT2D eigenvalue weighted by Gasteiger charge is 2.32. The second-order valence-electron chi connectivity index (χ2n) is 6.76. The summed E-state index contributed by atoms with van der Waals surface area (Å²) in [6.45, 7) is 4.13. The maximum Gasteiger partial charge on any atom is 0.208 e. The number of fused-ring (bicyclic) bond motifs is 2. The second-order valence-corrected chi connectivity index (χ2v) is 7.97. The molecule has 1 saturated heterocycles. The van der Waals surface area contributed by atoms with Crippen molar-refractivity contribution in [2.45, 2.75) is 12.6 Å². The molecule has 0 saturated carbocycles. The Labute approximate surface area is 174 Å². The Kier molecular flexibility index (Phi) is 5.72. The summed E-state index contributed by atoms with van der Waals surface area (Å²) in [6.07, 6.45) is 5.74. The molecule has 0 radical (unpaired) electrons. The van der Waals surface area contributed by atoms with Gasteiger partial charge in [0.15, 0.2) is 5.17 Å². The molecule has 0 spiro atoms. The van der Waals surface area contributed by atoms with Gasteiger partial charge in [-0.2, -0.15) is 5.26 Å². The highest BCUT2D eigenvalue weighted by atomic mass is 35.5. The zero-order valence-electron chi connectivity index (χ0n) is 15.6. The van der Waals surface area contributed by atoms with E-state index in [4.69, 9.17) is 21.8 Å². The Morgan fingerprint density at radius 3 is 2.89 bits per heavy atom. The van der Waals surface area contributed by atoms with E-state index in [0.29, 0.717) is 0 Å². The summed E-state index contributed by atoms with van der Waals surface area (Å²) in [7, 11) is 0. The number of hydrogen-bond acceptors (Lipinski definition) is 6. The fraction of sp³-hybridized carbons (Fsp3) is 0.350. The molecule has 0 amide bonds. The highest BCUT2D eigenvalue weighted by Crippen LogP contribution is 2.38. The number of anilines is 1. The monoisotopic (exact) mass is 412 g/mol. The lowest BCUT2D eigenvalue weighted by Gasteiger charge is -2.40. The third-order valence-electron chi connectivity index (χ3n) is 5.24. The standard InChI is InChI=1S/C20H21ClN6S/c1-28-20(25-13-22)27-9-7-26(8-10-27)19-16-5-4-15(21)11-17(16)24-12-14-3-2-6-23-18(14)19/h2-6,11,19,24H,7-10,12H2,1H3. The molecule has 144 valence electrons. The van der Waals surface area contributed by atoms with E-state index in [1.807, 2.05) is 36.8 Å². The van der Waals surface area contributed by atoms with Crippen LogP contribution in [0.4, 0.5) is 5.69 Å². The number of halogens is 1. The van der Waals surface area contributed by atoms with Crippen molar-refractivity contribution in [3.63, 3.8) is 0 Å². The summed E-state index contributed by atoms with van der Waals surface area (Å²) in [5.74, 6) is 0. The van der Waals surface area contributed by atoms with Crippen LogP contribution >= 0.6 is 23.4 Å². The van der Waals surface area contributed by atoms with E-state index in [0.717, 1.165) is 54.3 Å². The zero-order valence-corrected chi connectivity index (χ0v) is 17.2. The van der Waals surface area contributed by atoms with Crippen LogP contribution in [0.15, 0.2) is 41.5 Å². The Balaban J connectivity index is 1.66. The number of rotatable bonds is 1. The first-order valence-electron chi connectivity index (χ1n) is 9.18. The third kappa shape index (κ3) is 3.68. The van der Waals surface area contributed by atoms with Gasteiger partial charge in [0.2, 0.25) is 6.19 Å². The highest BCUT2D eigenvalue weighted by molar-refractivity contribution is 8.13. The molecule has 1 fully saturated rings. The van der Waals surface area contributed by atoms with E-state index in [1.54, 1.807) is 0 Å². The van der Waals surface area contributed by atoms with E-state index >= 15 is 0 Å². The van der Waals surface area contributed by atoms with Crippen LogP contribution in [-0.2, 0) is 6.54 Å². The fourth-order valence-electron chi connectivity index (χ4n) is 3.93. The van der Waals surface area contributed by atoms with Crippen molar-refractivity contribution in [1.29, 1.82) is 5.26 Å². The van der Waals surface area contributed by atoms with E-state index in [1.165, 1.54) is 22.9 Å². The molecule has 2 aliphatic heterocycles. The molecule has 0 bridgehead atoms.